The van der Waals surface area contributed by atoms with E-state index < -0.39 is 20.6 Å². The molecule has 20 heavy (non-hydrogen) atoms. The van der Waals surface area contributed by atoms with Crippen LogP contribution in [0.1, 0.15) is 32.4 Å². The van der Waals surface area contributed by atoms with Gasteiger partial charge in [-0.3, -0.25) is 0 Å². The molecule has 0 fully saturated rings. The fourth-order valence-electron chi connectivity index (χ4n) is 1.87. The summed E-state index contributed by atoms with van der Waals surface area (Å²) in [4.78, 5) is 0. The van der Waals surface area contributed by atoms with Crippen LogP contribution in [0.5, 0.6) is 11.5 Å². The van der Waals surface area contributed by atoms with Crippen LogP contribution in [0.15, 0.2) is 18.2 Å². The largest absolute Gasteiger partial charge is 0.486 e. The number of hydrogen-bond acceptors (Lipinski definition) is 5. The van der Waals surface area contributed by atoms with Gasteiger partial charge in [0, 0.05) is 6.04 Å². The lowest BCUT2D eigenvalue weighted by Crippen LogP contribution is -2.34. The minimum Gasteiger partial charge on any atom is -0.486 e. The van der Waals surface area contributed by atoms with Crippen LogP contribution in [-0.4, -0.2) is 32.1 Å². The summed E-state index contributed by atoms with van der Waals surface area (Å²) in [5, 5.41) is 0. The van der Waals surface area contributed by atoms with E-state index in [1.807, 2.05) is 0 Å². The second-order valence-corrected chi connectivity index (χ2v) is 8.69. The predicted molar refractivity (Wildman–Crippen MR) is 77.9 cm³/mol. The number of sulfone groups is 1. The summed E-state index contributed by atoms with van der Waals surface area (Å²) in [5.74, 6) is 1.21. The van der Waals surface area contributed by atoms with Crippen molar-refractivity contribution in [3.8, 4) is 11.5 Å². The smallest absolute Gasteiger partial charge is 0.161 e. The Morgan fingerprint density at radius 2 is 1.80 bits per heavy atom. The molecule has 5 nitrogen and oxygen atoms in total. The second-order valence-electron chi connectivity index (χ2n) is 5.90. The normalized spacial score (nSPS) is 16.8. The van der Waals surface area contributed by atoms with E-state index >= 15 is 0 Å². The summed E-state index contributed by atoms with van der Waals surface area (Å²) in [7, 11) is -3.26. The van der Waals surface area contributed by atoms with E-state index in [0.717, 1.165) is 5.56 Å². The van der Waals surface area contributed by atoms with Crippen molar-refractivity contribution in [3.63, 3.8) is 0 Å². The molecule has 2 rings (SSSR count). The molecule has 0 saturated carbocycles. The Labute approximate surface area is 120 Å². The van der Waals surface area contributed by atoms with Crippen molar-refractivity contribution >= 4 is 9.84 Å². The van der Waals surface area contributed by atoms with E-state index in [2.05, 4.69) is 0 Å². The van der Waals surface area contributed by atoms with Crippen LogP contribution < -0.4 is 15.2 Å². The molecule has 2 N–H and O–H groups in total. The molecule has 0 aromatic heterocycles. The maximum atomic E-state index is 12.2. The average molecular weight is 299 g/mol. The molecule has 0 spiro atoms. The van der Waals surface area contributed by atoms with Crippen LogP contribution in [0.2, 0.25) is 0 Å². The predicted octanol–water partition coefficient (Wildman–Crippen LogP) is 1.67. The topological polar surface area (TPSA) is 78.6 Å². The Hall–Kier alpha value is -1.27. The first-order valence-corrected chi connectivity index (χ1v) is 8.23. The number of rotatable bonds is 3. The molecule has 0 aliphatic carbocycles. The lowest BCUT2D eigenvalue weighted by Gasteiger charge is -2.23. The van der Waals surface area contributed by atoms with Gasteiger partial charge in [0.05, 0.1) is 10.5 Å². The number of ether oxygens (including phenoxy) is 2. The van der Waals surface area contributed by atoms with Crippen LogP contribution in [0.4, 0.5) is 0 Å². The lowest BCUT2D eigenvalue weighted by molar-refractivity contribution is 0.171. The van der Waals surface area contributed by atoms with Crippen molar-refractivity contribution in [1.29, 1.82) is 0 Å². The highest BCUT2D eigenvalue weighted by molar-refractivity contribution is 7.92. The fraction of sp³-hybridized carbons (Fsp3) is 0.571. The molecule has 1 aromatic rings. The van der Waals surface area contributed by atoms with Gasteiger partial charge in [-0.1, -0.05) is 6.07 Å². The standard InChI is InChI=1S/C14H21NO4S/c1-14(2,3)20(16,17)9-11(15)10-4-5-12-13(8-10)19-7-6-18-12/h4-5,8,11H,6-7,9,15H2,1-3H3. The maximum Gasteiger partial charge on any atom is 0.161 e. The van der Waals surface area contributed by atoms with Crippen LogP contribution in [0.25, 0.3) is 0 Å². The van der Waals surface area contributed by atoms with Gasteiger partial charge in [-0.2, -0.15) is 0 Å². The van der Waals surface area contributed by atoms with Gasteiger partial charge >= 0.3 is 0 Å². The molecular formula is C14H21NO4S. The highest BCUT2D eigenvalue weighted by Gasteiger charge is 2.31. The zero-order chi connectivity index (χ0) is 15.0. The SMILES string of the molecule is CC(C)(C)S(=O)(=O)CC(N)c1ccc2c(c1)OCCO2. The minimum absolute atomic E-state index is 0.0872. The van der Waals surface area contributed by atoms with Gasteiger partial charge in [0.15, 0.2) is 21.3 Å². The Morgan fingerprint density at radius 1 is 1.20 bits per heavy atom. The molecule has 1 aliphatic rings. The first-order valence-electron chi connectivity index (χ1n) is 6.58. The molecule has 0 radical (unpaired) electrons. The maximum absolute atomic E-state index is 12.2. The van der Waals surface area contributed by atoms with E-state index in [0.29, 0.717) is 24.7 Å². The molecule has 1 aromatic carbocycles. The van der Waals surface area contributed by atoms with E-state index in [1.165, 1.54) is 0 Å². The van der Waals surface area contributed by atoms with Gasteiger partial charge in [0.2, 0.25) is 0 Å². The van der Waals surface area contributed by atoms with Crippen molar-refractivity contribution in [2.75, 3.05) is 19.0 Å². The summed E-state index contributed by atoms with van der Waals surface area (Å²) < 4.78 is 34.5. The lowest BCUT2D eigenvalue weighted by atomic mass is 10.1. The van der Waals surface area contributed by atoms with Gasteiger partial charge in [0.1, 0.15) is 13.2 Å². The van der Waals surface area contributed by atoms with E-state index in [1.54, 1.807) is 39.0 Å². The number of hydrogen-bond donors (Lipinski definition) is 1. The van der Waals surface area contributed by atoms with Crippen molar-refractivity contribution in [3.05, 3.63) is 23.8 Å². The monoisotopic (exact) mass is 299 g/mol. The molecular weight excluding hydrogens is 278 g/mol. The summed E-state index contributed by atoms with van der Waals surface area (Å²) in [6, 6.07) is 4.75. The van der Waals surface area contributed by atoms with Crippen LogP contribution >= 0.6 is 0 Å². The fourth-order valence-corrected chi connectivity index (χ4v) is 3.04. The van der Waals surface area contributed by atoms with Gasteiger partial charge in [-0.25, -0.2) is 8.42 Å². The van der Waals surface area contributed by atoms with E-state index in [-0.39, 0.29) is 5.75 Å². The van der Waals surface area contributed by atoms with Crippen molar-refractivity contribution in [2.24, 2.45) is 5.73 Å². The third kappa shape index (κ3) is 3.07. The van der Waals surface area contributed by atoms with Crippen molar-refractivity contribution in [1.82, 2.24) is 0 Å². The molecule has 0 amide bonds. The first kappa shape index (κ1) is 15.1. The quantitative estimate of drug-likeness (QED) is 0.918. The Morgan fingerprint density at radius 3 is 2.40 bits per heavy atom. The van der Waals surface area contributed by atoms with Crippen LogP contribution in [0.3, 0.4) is 0 Å². The highest BCUT2D eigenvalue weighted by atomic mass is 32.2. The van der Waals surface area contributed by atoms with Gasteiger partial charge in [-0.15, -0.1) is 0 Å². The third-order valence-electron chi connectivity index (χ3n) is 3.33. The van der Waals surface area contributed by atoms with Gasteiger partial charge < -0.3 is 15.2 Å². The Bertz CT molecular complexity index is 590. The van der Waals surface area contributed by atoms with Crippen molar-refractivity contribution in [2.45, 2.75) is 31.6 Å². The van der Waals surface area contributed by atoms with Crippen LogP contribution in [0, 0.1) is 0 Å². The highest BCUT2D eigenvalue weighted by Crippen LogP contribution is 2.33. The second kappa shape index (κ2) is 5.26. The van der Waals surface area contributed by atoms with E-state index in [9.17, 15) is 8.42 Å². The minimum atomic E-state index is -3.26. The van der Waals surface area contributed by atoms with E-state index in [4.69, 9.17) is 15.2 Å². The summed E-state index contributed by atoms with van der Waals surface area (Å²) >= 11 is 0. The van der Waals surface area contributed by atoms with Crippen LogP contribution in [-0.2, 0) is 9.84 Å². The summed E-state index contributed by atoms with van der Waals surface area (Å²) in [5.41, 5.74) is 6.77. The molecule has 112 valence electrons. The molecule has 6 heteroatoms. The van der Waals surface area contributed by atoms with Crippen molar-refractivity contribution < 1.29 is 17.9 Å². The number of fused-ring (bicyclic) bond motifs is 1. The zero-order valence-electron chi connectivity index (χ0n) is 12.0. The molecule has 0 bridgehead atoms. The summed E-state index contributed by atoms with van der Waals surface area (Å²) in [6.45, 7) is 6.05. The molecule has 1 atom stereocenters. The zero-order valence-corrected chi connectivity index (χ0v) is 12.9. The van der Waals surface area contributed by atoms with Gasteiger partial charge in [-0.05, 0) is 38.5 Å². The number of benzene rings is 1. The summed E-state index contributed by atoms with van der Waals surface area (Å²) in [6.07, 6.45) is 0. The molecule has 1 heterocycles. The average Bonchev–Trinajstić information content (AvgIpc) is 2.36. The first-order chi connectivity index (χ1) is 9.21. The Balaban J connectivity index is 2.20. The third-order valence-corrected chi connectivity index (χ3v) is 5.99. The number of nitrogens with two attached hydrogens (primary N) is 1. The molecule has 0 saturated heterocycles. The Kier molecular flexibility index (Phi) is 3.97. The molecule has 1 unspecified atom stereocenters. The van der Waals surface area contributed by atoms with Gasteiger partial charge in [0.25, 0.3) is 0 Å². The molecule has 1 aliphatic heterocycles.